The van der Waals surface area contributed by atoms with E-state index in [0.29, 0.717) is 56.1 Å². The van der Waals surface area contributed by atoms with Gasteiger partial charge in [-0.1, -0.05) is 11.6 Å². The fourth-order valence-corrected chi connectivity index (χ4v) is 2.59. The topological polar surface area (TPSA) is 73.3 Å². The number of methoxy groups -OCH3 is 1. The van der Waals surface area contributed by atoms with Gasteiger partial charge >= 0.3 is 0 Å². The van der Waals surface area contributed by atoms with E-state index in [4.69, 9.17) is 30.5 Å². The molecular formula is C17H26ClN3O4. The summed E-state index contributed by atoms with van der Waals surface area (Å²) in [5.41, 5.74) is 1.00. The summed E-state index contributed by atoms with van der Waals surface area (Å²) < 4.78 is 21.5. The first-order chi connectivity index (χ1) is 12.2. The number of ether oxygens (including phenoxy) is 4. The Labute approximate surface area is 153 Å². The first-order valence-electron chi connectivity index (χ1n) is 8.34. The molecule has 1 aromatic rings. The zero-order valence-corrected chi connectivity index (χ0v) is 15.5. The largest absolute Gasteiger partial charge is 0.486 e. The first-order valence-corrected chi connectivity index (χ1v) is 8.71. The lowest BCUT2D eigenvalue weighted by Gasteiger charge is -2.20. The van der Waals surface area contributed by atoms with Gasteiger partial charge < -0.3 is 29.6 Å². The number of halogens is 1. The number of fused-ring (bicyclic) bond motifs is 1. The van der Waals surface area contributed by atoms with Crippen LogP contribution in [0.4, 0.5) is 0 Å². The summed E-state index contributed by atoms with van der Waals surface area (Å²) in [6.45, 7) is 4.34. The quantitative estimate of drug-likeness (QED) is 0.392. The maximum absolute atomic E-state index is 6.25. The molecule has 0 spiro atoms. The smallest absolute Gasteiger partial charge is 0.191 e. The van der Waals surface area contributed by atoms with E-state index in [9.17, 15) is 0 Å². The Morgan fingerprint density at radius 3 is 2.84 bits per heavy atom. The number of hydrogen-bond donors (Lipinski definition) is 2. The lowest BCUT2D eigenvalue weighted by atomic mass is 10.2. The molecule has 0 fully saturated rings. The highest BCUT2D eigenvalue weighted by Crippen LogP contribution is 2.38. The van der Waals surface area contributed by atoms with Crippen molar-refractivity contribution in [2.24, 2.45) is 4.99 Å². The van der Waals surface area contributed by atoms with Crippen LogP contribution in [0.25, 0.3) is 0 Å². The highest BCUT2D eigenvalue weighted by molar-refractivity contribution is 6.32. The molecule has 8 heteroatoms. The van der Waals surface area contributed by atoms with Crippen LogP contribution in [0.3, 0.4) is 0 Å². The predicted molar refractivity (Wildman–Crippen MR) is 98.0 cm³/mol. The van der Waals surface area contributed by atoms with Crippen molar-refractivity contribution >= 4 is 17.6 Å². The molecule has 0 atom stereocenters. The Balaban J connectivity index is 1.73. The van der Waals surface area contributed by atoms with Crippen LogP contribution in [0.1, 0.15) is 12.0 Å². The van der Waals surface area contributed by atoms with E-state index < -0.39 is 0 Å². The fraction of sp³-hybridized carbons (Fsp3) is 0.588. The molecule has 0 radical (unpaired) electrons. The Bertz CT molecular complexity index is 569. The standard InChI is InChI=1S/C17H26ClN3O4/c1-19-17(20-4-3-5-23-7-6-22-2)21-12-13-10-14(18)16-15(11-13)24-8-9-25-16/h10-11H,3-9,12H2,1-2H3,(H2,19,20,21). The van der Waals surface area contributed by atoms with E-state index in [1.54, 1.807) is 14.2 Å². The number of aliphatic imine (C=N–C) groups is 1. The number of benzene rings is 1. The van der Waals surface area contributed by atoms with Crippen LogP contribution in [0.5, 0.6) is 11.5 Å². The van der Waals surface area contributed by atoms with Crippen LogP contribution in [-0.4, -0.2) is 59.7 Å². The highest BCUT2D eigenvalue weighted by atomic mass is 35.5. The molecule has 0 saturated carbocycles. The number of hydrogen-bond acceptors (Lipinski definition) is 5. The Kier molecular flexibility index (Phi) is 8.65. The van der Waals surface area contributed by atoms with Crippen molar-refractivity contribution in [3.8, 4) is 11.5 Å². The van der Waals surface area contributed by atoms with Gasteiger partial charge in [0.2, 0.25) is 0 Å². The number of guanidine groups is 1. The van der Waals surface area contributed by atoms with Crippen LogP contribution >= 0.6 is 11.6 Å². The Morgan fingerprint density at radius 2 is 2.04 bits per heavy atom. The second-order valence-corrected chi connectivity index (χ2v) is 5.82. The minimum Gasteiger partial charge on any atom is -0.486 e. The highest BCUT2D eigenvalue weighted by Gasteiger charge is 2.16. The first kappa shape index (κ1) is 19.6. The molecule has 0 aliphatic carbocycles. The molecule has 0 unspecified atom stereocenters. The molecule has 2 N–H and O–H groups in total. The van der Waals surface area contributed by atoms with E-state index in [2.05, 4.69) is 15.6 Å². The second-order valence-electron chi connectivity index (χ2n) is 5.41. The van der Waals surface area contributed by atoms with Gasteiger partial charge in [0, 0.05) is 33.9 Å². The van der Waals surface area contributed by atoms with Gasteiger partial charge in [0.15, 0.2) is 17.5 Å². The molecule has 1 aliphatic heterocycles. The van der Waals surface area contributed by atoms with Gasteiger partial charge in [0.1, 0.15) is 13.2 Å². The molecular weight excluding hydrogens is 346 g/mol. The summed E-state index contributed by atoms with van der Waals surface area (Å²) in [5.74, 6) is 2.03. The minimum absolute atomic E-state index is 0.524. The van der Waals surface area contributed by atoms with Crippen LogP contribution in [-0.2, 0) is 16.0 Å². The summed E-state index contributed by atoms with van der Waals surface area (Å²) in [4.78, 5) is 4.20. The van der Waals surface area contributed by atoms with Crippen molar-refractivity contribution in [2.45, 2.75) is 13.0 Å². The van der Waals surface area contributed by atoms with Gasteiger partial charge in [-0.05, 0) is 24.1 Å². The fourth-order valence-electron chi connectivity index (χ4n) is 2.30. The van der Waals surface area contributed by atoms with Gasteiger partial charge in [-0.15, -0.1) is 0 Å². The van der Waals surface area contributed by atoms with Crippen LogP contribution < -0.4 is 20.1 Å². The van der Waals surface area contributed by atoms with Crippen LogP contribution in [0.15, 0.2) is 17.1 Å². The summed E-state index contributed by atoms with van der Waals surface area (Å²) in [5, 5.41) is 7.06. The molecule has 1 aromatic carbocycles. The molecule has 0 bridgehead atoms. The van der Waals surface area contributed by atoms with Crippen molar-refractivity contribution in [1.82, 2.24) is 10.6 Å². The molecule has 0 saturated heterocycles. The van der Waals surface area contributed by atoms with Crippen LogP contribution in [0.2, 0.25) is 5.02 Å². The van der Waals surface area contributed by atoms with Gasteiger partial charge in [0.25, 0.3) is 0 Å². The zero-order chi connectivity index (χ0) is 17.9. The Morgan fingerprint density at radius 1 is 1.20 bits per heavy atom. The van der Waals surface area contributed by atoms with Crippen molar-refractivity contribution in [1.29, 1.82) is 0 Å². The molecule has 25 heavy (non-hydrogen) atoms. The molecule has 140 valence electrons. The third-order valence-electron chi connectivity index (χ3n) is 3.53. The van der Waals surface area contributed by atoms with E-state index in [1.807, 2.05) is 12.1 Å². The SMILES string of the molecule is CN=C(NCCCOCCOC)NCc1cc(Cl)c2c(c1)OCCO2. The van der Waals surface area contributed by atoms with Gasteiger partial charge in [0.05, 0.1) is 18.2 Å². The van der Waals surface area contributed by atoms with Gasteiger partial charge in [-0.2, -0.15) is 0 Å². The zero-order valence-electron chi connectivity index (χ0n) is 14.8. The summed E-state index contributed by atoms with van der Waals surface area (Å²) in [6, 6.07) is 3.81. The number of rotatable bonds is 9. The van der Waals surface area contributed by atoms with Gasteiger partial charge in [-0.25, -0.2) is 0 Å². The lowest BCUT2D eigenvalue weighted by Crippen LogP contribution is -2.37. The maximum Gasteiger partial charge on any atom is 0.191 e. The molecule has 0 aromatic heterocycles. The minimum atomic E-state index is 0.524. The lowest BCUT2D eigenvalue weighted by molar-refractivity contribution is 0.0698. The third-order valence-corrected chi connectivity index (χ3v) is 3.81. The van der Waals surface area contributed by atoms with E-state index in [0.717, 1.165) is 24.5 Å². The maximum atomic E-state index is 6.25. The monoisotopic (exact) mass is 371 g/mol. The second kappa shape index (κ2) is 11.0. The van der Waals surface area contributed by atoms with Crippen molar-refractivity contribution in [2.75, 3.05) is 53.7 Å². The molecule has 1 aliphatic rings. The average Bonchev–Trinajstić information content (AvgIpc) is 2.63. The van der Waals surface area contributed by atoms with Crippen molar-refractivity contribution < 1.29 is 18.9 Å². The summed E-state index contributed by atoms with van der Waals surface area (Å²) in [6.07, 6.45) is 0.889. The van der Waals surface area contributed by atoms with Gasteiger partial charge in [-0.3, -0.25) is 4.99 Å². The van der Waals surface area contributed by atoms with E-state index in [-0.39, 0.29) is 0 Å². The Hall–Kier alpha value is -1.70. The predicted octanol–water partition coefficient (Wildman–Crippen LogP) is 1.83. The van der Waals surface area contributed by atoms with Crippen molar-refractivity contribution in [3.05, 3.63) is 22.7 Å². The average molecular weight is 372 g/mol. The third kappa shape index (κ3) is 6.61. The molecule has 1 heterocycles. The summed E-state index contributed by atoms with van der Waals surface area (Å²) in [7, 11) is 3.40. The number of nitrogens with one attached hydrogen (secondary N) is 2. The molecule has 2 rings (SSSR count). The van der Waals surface area contributed by atoms with Crippen LogP contribution in [0, 0.1) is 0 Å². The van der Waals surface area contributed by atoms with E-state index in [1.165, 1.54) is 0 Å². The molecule has 7 nitrogen and oxygen atoms in total. The normalized spacial score (nSPS) is 13.6. The van der Waals surface area contributed by atoms with E-state index >= 15 is 0 Å². The number of nitrogens with zero attached hydrogens (tertiary/aromatic N) is 1. The summed E-state index contributed by atoms with van der Waals surface area (Å²) >= 11 is 6.25. The molecule has 0 amide bonds. The van der Waals surface area contributed by atoms with Crippen molar-refractivity contribution in [3.63, 3.8) is 0 Å².